The number of hydrogen-bond acceptors (Lipinski definition) is 6. The molecule has 1 aliphatic heterocycles. The minimum atomic E-state index is -1.08. The Labute approximate surface area is 175 Å². The van der Waals surface area contributed by atoms with Crippen molar-refractivity contribution in [3.05, 3.63) is 71.3 Å². The van der Waals surface area contributed by atoms with E-state index in [1.807, 2.05) is 49.4 Å². The van der Waals surface area contributed by atoms with Crippen LogP contribution in [0, 0.1) is 6.92 Å². The zero-order valence-electron chi connectivity index (χ0n) is 17.0. The first kappa shape index (κ1) is 21.5. The van der Waals surface area contributed by atoms with E-state index in [1.54, 1.807) is 12.1 Å². The van der Waals surface area contributed by atoms with Gasteiger partial charge in [-0.3, -0.25) is 4.79 Å². The molecule has 0 spiro atoms. The maximum absolute atomic E-state index is 12.8. The largest absolute Gasteiger partial charge is 0.516 e. The number of amides is 1. The minimum Gasteiger partial charge on any atom is -0.429 e. The Balaban J connectivity index is 1.53. The summed E-state index contributed by atoms with van der Waals surface area (Å²) in [6, 6.07) is 15.2. The maximum Gasteiger partial charge on any atom is 0.516 e. The van der Waals surface area contributed by atoms with Gasteiger partial charge in [-0.1, -0.05) is 60.2 Å². The highest BCUT2D eigenvalue weighted by Crippen LogP contribution is 2.20. The molecule has 0 saturated carbocycles. The van der Waals surface area contributed by atoms with Crippen molar-refractivity contribution in [2.75, 3.05) is 6.54 Å². The van der Waals surface area contributed by atoms with Crippen molar-refractivity contribution >= 4 is 18.0 Å². The van der Waals surface area contributed by atoms with Crippen molar-refractivity contribution in [3.8, 4) is 0 Å². The molecule has 0 aliphatic carbocycles. The average molecular weight is 410 g/mol. The number of ether oxygens (including phenoxy) is 2. The van der Waals surface area contributed by atoms with Crippen LogP contribution in [0.1, 0.15) is 29.5 Å². The van der Waals surface area contributed by atoms with Gasteiger partial charge in [0.25, 0.3) is 0 Å². The van der Waals surface area contributed by atoms with Crippen LogP contribution in [0.15, 0.2) is 54.6 Å². The van der Waals surface area contributed by atoms with Gasteiger partial charge in [-0.15, -0.1) is 0 Å². The number of esters is 1. The molecule has 2 aromatic carbocycles. The fourth-order valence-electron chi connectivity index (χ4n) is 3.56. The lowest BCUT2D eigenvalue weighted by Gasteiger charge is -2.25. The first-order chi connectivity index (χ1) is 14.4. The van der Waals surface area contributed by atoms with Crippen LogP contribution in [0.2, 0.25) is 0 Å². The van der Waals surface area contributed by atoms with Crippen LogP contribution in [0.5, 0.6) is 0 Å². The summed E-state index contributed by atoms with van der Waals surface area (Å²) in [4.78, 5) is 38.6. The zero-order chi connectivity index (χ0) is 21.5. The molecule has 30 heavy (non-hydrogen) atoms. The van der Waals surface area contributed by atoms with E-state index < -0.39 is 24.2 Å². The van der Waals surface area contributed by atoms with Gasteiger partial charge in [0, 0.05) is 6.54 Å². The van der Waals surface area contributed by atoms with Crippen molar-refractivity contribution in [3.63, 3.8) is 0 Å². The monoisotopic (exact) mass is 410 g/mol. The molecule has 1 heterocycles. The Morgan fingerprint density at radius 3 is 2.57 bits per heavy atom. The van der Waals surface area contributed by atoms with Crippen LogP contribution in [-0.4, -0.2) is 41.6 Å². The normalized spacial score (nSPS) is 16.7. The first-order valence-corrected chi connectivity index (χ1v) is 9.98. The number of rotatable bonds is 6. The van der Waals surface area contributed by atoms with Crippen molar-refractivity contribution in [2.45, 2.75) is 44.9 Å². The highest BCUT2D eigenvalue weighted by molar-refractivity contribution is 5.91. The fraction of sp³-hybridized carbons (Fsp3) is 0.348. The van der Waals surface area contributed by atoms with E-state index in [9.17, 15) is 14.4 Å². The van der Waals surface area contributed by atoms with Gasteiger partial charge in [0.2, 0.25) is 5.91 Å². The number of nitrogens with two attached hydrogens (primary N) is 1. The van der Waals surface area contributed by atoms with Crippen LogP contribution >= 0.6 is 0 Å². The van der Waals surface area contributed by atoms with Crippen molar-refractivity contribution in [1.29, 1.82) is 0 Å². The van der Waals surface area contributed by atoms with E-state index in [-0.39, 0.29) is 12.5 Å². The molecule has 3 rings (SSSR count). The van der Waals surface area contributed by atoms with Gasteiger partial charge in [-0.2, -0.15) is 0 Å². The molecule has 0 radical (unpaired) electrons. The second kappa shape index (κ2) is 10.0. The standard InChI is InChI=1S/C23H26N2O5/c1-16-7-5-10-18(13-16)14-19(24)21(26)25-12-6-11-20(25)22(27)30-23(28)29-15-17-8-3-2-4-9-17/h2-5,7-10,13,19-20H,6,11-12,14-15,24H2,1H3/t19-,20+/m1/s1. The molecule has 0 bridgehead atoms. The topological polar surface area (TPSA) is 98.9 Å². The summed E-state index contributed by atoms with van der Waals surface area (Å²) < 4.78 is 9.80. The lowest BCUT2D eigenvalue weighted by Crippen LogP contribution is -2.49. The van der Waals surface area contributed by atoms with Gasteiger partial charge in [0.15, 0.2) is 0 Å². The highest BCUT2D eigenvalue weighted by Gasteiger charge is 2.38. The number of carbonyl (C=O) groups is 3. The summed E-state index contributed by atoms with van der Waals surface area (Å²) in [6.07, 6.45) is 0.361. The Bertz CT molecular complexity index is 899. The summed E-state index contributed by atoms with van der Waals surface area (Å²) >= 11 is 0. The quantitative estimate of drug-likeness (QED) is 0.581. The van der Waals surface area contributed by atoms with Crippen LogP contribution in [0.4, 0.5) is 4.79 Å². The number of carbonyl (C=O) groups excluding carboxylic acids is 3. The van der Waals surface area contributed by atoms with E-state index in [4.69, 9.17) is 15.2 Å². The maximum atomic E-state index is 12.8. The molecule has 158 valence electrons. The number of aryl methyl sites for hydroxylation is 1. The lowest BCUT2D eigenvalue weighted by atomic mass is 10.0. The second-order valence-corrected chi connectivity index (χ2v) is 7.43. The minimum absolute atomic E-state index is 0.00162. The van der Waals surface area contributed by atoms with E-state index >= 15 is 0 Å². The molecule has 1 aliphatic rings. The van der Waals surface area contributed by atoms with E-state index in [0.29, 0.717) is 25.8 Å². The second-order valence-electron chi connectivity index (χ2n) is 7.43. The predicted molar refractivity (Wildman–Crippen MR) is 110 cm³/mol. The molecular formula is C23H26N2O5. The van der Waals surface area contributed by atoms with Gasteiger partial charge in [0.1, 0.15) is 12.6 Å². The Kier molecular flexibility index (Phi) is 7.19. The molecule has 1 amide bonds. The molecule has 1 fully saturated rings. The van der Waals surface area contributed by atoms with Crippen LogP contribution < -0.4 is 5.73 Å². The lowest BCUT2D eigenvalue weighted by molar-refractivity contribution is -0.150. The summed E-state index contributed by atoms with van der Waals surface area (Å²) in [7, 11) is 0. The molecule has 0 aromatic heterocycles. The molecule has 7 heteroatoms. The molecule has 2 N–H and O–H groups in total. The zero-order valence-corrected chi connectivity index (χ0v) is 17.0. The third-order valence-electron chi connectivity index (χ3n) is 5.05. The first-order valence-electron chi connectivity index (χ1n) is 9.98. The van der Waals surface area contributed by atoms with Gasteiger partial charge in [-0.25, -0.2) is 9.59 Å². The smallest absolute Gasteiger partial charge is 0.429 e. The molecule has 1 saturated heterocycles. The third-order valence-corrected chi connectivity index (χ3v) is 5.05. The predicted octanol–water partition coefficient (Wildman–Crippen LogP) is 2.74. The molecule has 0 unspecified atom stereocenters. The van der Waals surface area contributed by atoms with Gasteiger partial charge in [-0.05, 0) is 37.3 Å². The summed E-state index contributed by atoms with van der Waals surface area (Å²) in [5.74, 6) is -1.12. The van der Waals surface area contributed by atoms with Crippen LogP contribution in [0.25, 0.3) is 0 Å². The number of nitrogens with zero attached hydrogens (tertiary/aromatic N) is 1. The van der Waals surface area contributed by atoms with Gasteiger partial charge in [0.05, 0.1) is 6.04 Å². The molecule has 2 aromatic rings. The Morgan fingerprint density at radius 1 is 1.10 bits per heavy atom. The highest BCUT2D eigenvalue weighted by atomic mass is 16.7. The van der Waals surface area contributed by atoms with Crippen molar-refractivity contribution in [2.24, 2.45) is 5.73 Å². The third kappa shape index (κ3) is 5.67. The van der Waals surface area contributed by atoms with E-state index in [1.165, 1.54) is 4.90 Å². The molecule has 7 nitrogen and oxygen atoms in total. The molecular weight excluding hydrogens is 384 g/mol. The van der Waals surface area contributed by atoms with E-state index in [2.05, 4.69) is 0 Å². The Hall–Kier alpha value is -3.19. The summed E-state index contributed by atoms with van der Waals surface area (Å²) in [5, 5.41) is 0. The average Bonchev–Trinajstić information content (AvgIpc) is 3.22. The number of hydrogen-bond donors (Lipinski definition) is 1. The summed E-state index contributed by atoms with van der Waals surface area (Å²) in [6.45, 7) is 2.38. The number of benzene rings is 2. The Morgan fingerprint density at radius 2 is 1.83 bits per heavy atom. The van der Waals surface area contributed by atoms with Crippen molar-refractivity contribution in [1.82, 2.24) is 4.90 Å². The van der Waals surface area contributed by atoms with Crippen molar-refractivity contribution < 1.29 is 23.9 Å². The van der Waals surface area contributed by atoms with Crippen LogP contribution in [-0.2, 0) is 32.1 Å². The summed E-state index contributed by atoms with van der Waals surface area (Å²) in [5.41, 5.74) is 8.94. The van der Waals surface area contributed by atoms with Gasteiger partial charge < -0.3 is 20.1 Å². The fourth-order valence-corrected chi connectivity index (χ4v) is 3.56. The SMILES string of the molecule is Cc1cccc(C[C@@H](N)C(=O)N2CCC[C@H]2C(=O)OC(=O)OCc2ccccc2)c1. The number of likely N-dealkylation sites (tertiary alicyclic amines) is 1. The van der Waals surface area contributed by atoms with E-state index in [0.717, 1.165) is 16.7 Å². The van der Waals surface area contributed by atoms with Gasteiger partial charge >= 0.3 is 12.1 Å². The molecule has 2 atom stereocenters. The van der Waals surface area contributed by atoms with Crippen LogP contribution in [0.3, 0.4) is 0 Å².